The van der Waals surface area contributed by atoms with E-state index in [1.807, 2.05) is 0 Å². The van der Waals surface area contributed by atoms with Crippen molar-refractivity contribution in [2.24, 2.45) is 22.3 Å². The summed E-state index contributed by atoms with van der Waals surface area (Å²) in [5.74, 6) is 1.14. The lowest BCUT2D eigenvalue weighted by molar-refractivity contribution is -0.0465. The summed E-state index contributed by atoms with van der Waals surface area (Å²) in [7, 11) is 0. The molecule has 0 aliphatic heterocycles. The maximum absolute atomic E-state index is 7.11. The number of nitrogens with two attached hydrogens (primary N) is 2. The summed E-state index contributed by atoms with van der Waals surface area (Å²) in [6, 6.07) is 0. The molecule has 0 spiro atoms. The maximum atomic E-state index is 7.11. The SMILES string of the molecule is CCCCC1(CC2(CCCC)CCCCC2(N)CCl)CCCCC1(N)CCl. The van der Waals surface area contributed by atoms with Crippen molar-refractivity contribution in [3.05, 3.63) is 0 Å². The molecule has 4 atom stereocenters. The van der Waals surface area contributed by atoms with E-state index in [2.05, 4.69) is 13.8 Å². The van der Waals surface area contributed by atoms with Crippen LogP contribution in [0.2, 0.25) is 0 Å². The van der Waals surface area contributed by atoms with Crippen LogP contribution in [0.5, 0.6) is 0 Å². The van der Waals surface area contributed by atoms with E-state index < -0.39 is 0 Å². The highest BCUT2D eigenvalue weighted by Gasteiger charge is 2.57. The molecule has 4 heteroatoms. The Bertz CT molecular complexity index is 420. The second-order valence-corrected chi connectivity index (χ2v) is 10.5. The number of alkyl halides is 2. The quantitative estimate of drug-likeness (QED) is 0.385. The summed E-state index contributed by atoms with van der Waals surface area (Å²) in [5, 5.41) is 0. The number of halogens is 2. The van der Waals surface area contributed by atoms with Gasteiger partial charge in [0.05, 0.1) is 0 Å². The molecule has 0 saturated heterocycles. The fourth-order valence-corrected chi connectivity index (χ4v) is 7.22. The summed E-state index contributed by atoms with van der Waals surface area (Å²) < 4.78 is 0. The zero-order valence-corrected chi connectivity index (χ0v) is 19.4. The molecule has 0 amide bonds. The Hall–Kier alpha value is 0.500. The van der Waals surface area contributed by atoms with Gasteiger partial charge in [0, 0.05) is 22.8 Å². The molecule has 4 N–H and O–H groups in total. The van der Waals surface area contributed by atoms with Crippen LogP contribution in [0.3, 0.4) is 0 Å². The Balaban J connectivity index is 2.46. The maximum Gasteiger partial charge on any atom is 0.0409 e. The van der Waals surface area contributed by atoms with Gasteiger partial charge >= 0.3 is 0 Å². The van der Waals surface area contributed by atoms with Crippen molar-refractivity contribution in [1.82, 2.24) is 0 Å². The minimum Gasteiger partial charge on any atom is -0.324 e. The Kier molecular flexibility index (Phi) is 8.81. The van der Waals surface area contributed by atoms with Crippen LogP contribution in [0.4, 0.5) is 0 Å². The molecule has 0 radical (unpaired) electrons. The Labute approximate surface area is 178 Å². The lowest BCUT2D eigenvalue weighted by Crippen LogP contribution is -2.65. The molecule has 4 unspecified atom stereocenters. The van der Waals surface area contributed by atoms with Gasteiger partial charge in [0.1, 0.15) is 0 Å². The molecule has 27 heavy (non-hydrogen) atoms. The summed E-state index contributed by atoms with van der Waals surface area (Å²) in [5.41, 5.74) is 13.9. The molecule has 2 fully saturated rings. The van der Waals surface area contributed by atoms with Crippen LogP contribution in [0.15, 0.2) is 0 Å². The minimum absolute atomic E-state index is 0.116. The summed E-state index contributed by atoms with van der Waals surface area (Å²) in [4.78, 5) is 0. The standard InChI is InChI=1S/C23H44Cl2N2/c1-3-5-11-20(13-7-9-15-22(20,26)18-24)17-21(12-6-4-2)14-8-10-16-23(21,27)19-25/h3-19,26-27H2,1-2H3. The molecular formula is C23H44Cl2N2. The summed E-state index contributed by atoms with van der Waals surface area (Å²) >= 11 is 13.1. The topological polar surface area (TPSA) is 52.0 Å². The first-order valence-corrected chi connectivity index (χ1v) is 12.6. The van der Waals surface area contributed by atoms with Crippen molar-refractivity contribution in [2.75, 3.05) is 11.8 Å². The van der Waals surface area contributed by atoms with Crippen LogP contribution in [-0.2, 0) is 0 Å². The third-order valence-corrected chi connectivity index (χ3v) is 9.29. The molecular weight excluding hydrogens is 375 g/mol. The van der Waals surface area contributed by atoms with Crippen LogP contribution in [0.25, 0.3) is 0 Å². The van der Waals surface area contributed by atoms with Crippen molar-refractivity contribution in [3.8, 4) is 0 Å². The third-order valence-electron chi connectivity index (χ3n) is 8.34. The van der Waals surface area contributed by atoms with Gasteiger partial charge in [-0.05, 0) is 55.8 Å². The van der Waals surface area contributed by atoms with Crippen LogP contribution in [0.1, 0.15) is 110 Å². The Morgan fingerprint density at radius 3 is 1.37 bits per heavy atom. The lowest BCUT2D eigenvalue weighted by Gasteiger charge is -2.60. The van der Waals surface area contributed by atoms with Crippen LogP contribution in [-0.4, -0.2) is 22.8 Å². The number of hydrogen-bond acceptors (Lipinski definition) is 2. The Morgan fingerprint density at radius 1 is 0.667 bits per heavy atom. The largest absolute Gasteiger partial charge is 0.324 e. The monoisotopic (exact) mass is 418 g/mol. The van der Waals surface area contributed by atoms with Gasteiger partial charge in [0.25, 0.3) is 0 Å². The molecule has 0 aromatic carbocycles. The molecule has 0 aromatic rings. The molecule has 160 valence electrons. The third kappa shape index (κ3) is 4.65. The number of rotatable bonds is 10. The van der Waals surface area contributed by atoms with Gasteiger partial charge in [-0.15, -0.1) is 23.2 Å². The van der Waals surface area contributed by atoms with E-state index in [1.165, 1.54) is 77.0 Å². The number of unbranched alkanes of at least 4 members (excludes halogenated alkanes) is 2. The highest BCUT2D eigenvalue weighted by atomic mass is 35.5. The smallest absolute Gasteiger partial charge is 0.0409 e. The zero-order valence-electron chi connectivity index (χ0n) is 17.9. The molecule has 2 saturated carbocycles. The predicted octanol–water partition coefficient (Wildman–Crippen LogP) is 6.75. The van der Waals surface area contributed by atoms with E-state index >= 15 is 0 Å². The van der Waals surface area contributed by atoms with E-state index in [0.717, 1.165) is 19.3 Å². The van der Waals surface area contributed by atoms with Gasteiger partial charge in [0.15, 0.2) is 0 Å². The Morgan fingerprint density at radius 2 is 1.04 bits per heavy atom. The average molecular weight is 420 g/mol. The average Bonchev–Trinajstić information content (AvgIpc) is 2.69. The summed E-state index contributed by atoms with van der Waals surface area (Å²) in [6.07, 6.45) is 17.9. The molecule has 2 aliphatic carbocycles. The van der Waals surface area contributed by atoms with Gasteiger partial charge in [0.2, 0.25) is 0 Å². The second kappa shape index (κ2) is 10.0. The van der Waals surface area contributed by atoms with E-state index in [9.17, 15) is 0 Å². The van der Waals surface area contributed by atoms with E-state index in [0.29, 0.717) is 11.8 Å². The highest BCUT2D eigenvalue weighted by molar-refractivity contribution is 6.19. The zero-order chi connectivity index (χ0) is 20.0. The van der Waals surface area contributed by atoms with Gasteiger partial charge < -0.3 is 11.5 Å². The van der Waals surface area contributed by atoms with Crippen molar-refractivity contribution < 1.29 is 0 Å². The minimum atomic E-state index is -0.258. The molecule has 0 bridgehead atoms. The van der Waals surface area contributed by atoms with E-state index in [-0.39, 0.29) is 21.9 Å². The normalized spacial score (nSPS) is 40.2. The summed E-state index contributed by atoms with van der Waals surface area (Å²) in [6.45, 7) is 4.57. The van der Waals surface area contributed by atoms with E-state index in [1.54, 1.807) is 0 Å². The molecule has 2 rings (SSSR count). The van der Waals surface area contributed by atoms with Crippen molar-refractivity contribution in [1.29, 1.82) is 0 Å². The fourth-order valence-electron chi connectivity index (χ4n) is 6.38. The lowest BCUT2D eigenvalue weighted by atomic mass is 9.48. The van der Waals surface area contributed by atoms with E-state index in [4.69, 9.17) is 34.7 Å². The molecule has 0 aromatic heterocycles. The first-order valence-electron chi connectivity index (χ1n) is 11.6. The predicted molar refractivity (Wildman–Crippen MR) is 121 cm³/mol. The molecule has 2 nitrogen and oxygen atoms in total. The van der Waals surface area contributed by atoms with Gasteiger partial charge in [-0.2, -0.15) is 0 Å². The second-order valence-electron chi connectivity index (χ2n) is 9.94. The van der Waals surface area contributed by atoms with Crippen LogP contribution in [0, 0.1) is 10.8 Å². The molecule has 0 heterocycles. The number of hydrogen-bond donors (Lipinski definition) is 2. The van der Waals surface area contributed by atoms with Gasteiger partial charge in [-0.25, -0.2) is 0 Å². The van der Waals surface area contributed by atoms with Crippen molar-refractivity contribution >= 4 is 23.2 Å². The first kappa shape index (κ1) is 23.8. The van der Waals surface area contributed by atoms with Crippen molar-refractivity contribution in [2.45, 2.75) is 121 Å². The highest BCUT2D eigenvalue weighted by Crippen LogP contribution is 2.60. The van der Waals surface area contributed by atoms with Gasteiger partial charge in [-0.1, -0.05) is 65.2 Å². The van der Waals surface area contributed by atoms with Gasteiger partial charge in [-0.3, -0.25) is 0 Å². The van der Waals surface area contributed by atoms with Crippen LogP contribution >= 0.6 is 23.2 Å². The molecule has 2 aliphatic rings. The first-order chi connectivity index (χ1) is 12.9. The fraction of sp³-hybridized carbons (Fsp3) is 1.00. The van der Waals surface area contributed by atoms with Crippen LogP contribution < -0.4 is 11.5 Å². The van der Waals surface area contributed by atoms with Crippen molar-refractivity contribution in [3.63, 3.8) is 0 Å².